The van der Waals surface area contributed by atoms with E-state index in [4.69, 9.17) is 14.6 Å². The Labute approximate surface area is 232 Å². The van der Waals surface area contributed by atoms with E-state index in [-0.39, 0.29) is 18.4 Å². The number of fused-ring (bicyclic) bond motifs is 1. The predicted octanol–water partition coefficient (Wildman–Crippen LogP) is 5.77. The van der Waals surface area contributed by atoms with Gasteiger partial charge < -0.3 is 14.4 Å². The number of aromatic nitrogens is 6. The highest BCUT2D eigenvalue weighted by atomic mass is 19.1. The molecule has 0 aliphatic carbocycles. The van der Waals surface area contributed by atoms with E-state index in [0.29, 0.717) is 42.2 Å². The highest BCUT2D eigenvalue weighted by Crippen LogP contribution is 2.35. The first kappa shape index (κ1) is 26.4. The zero-order chi connectivity index (χ0) is 27.9. The summed E-state index contributed by atoms with van der Waals surface area (Å²) in [5.74, 6) is -0.518. The Bertz CT molecular complexity index is 1510. The Balaban J connectivity index is 1.30. The second kappa shape index (κ2) is 10.6. The lowest BCUT2D eigenvalue weighted by Gasteiger charge is -2.33. The minimum absolute atomic E-state index is 0.106. The number of hydrogen-bond acceptors (Lipinski definition) is 7. The molecule has 10 nitrogen and oxygen atoms in total. The van der Waals surface area contributed by atoms with Crippen LogP contribution in [0.15, 0.2) is 42.7 Å². The van der Waals surface area contributed by atoms with E-state index in [2.05, 4.69) is 15.3 Å². The van der Waals surface area contributed by atoms with Crippen LogP contribution in [0.4, 0.5) is 9.18 Å². The molecule has 210 valence electrons. The molecule has 0 radical (unpaired) electrons. The summed E-state index contributed by atoms with van der Waals surface area (Å²) in [5, 5.41) is 14.8. The lowest BCUT2D eigenvalue weighted by molar-refractivity contribution is -0.0365. The molecular weight excluding hydrogens is 513 g/mol. The summed E-state index contributed by atoms with van der Waals surface area (Å²) in [6.45, 7) is 7.48. The molecule has 1 amide bonds. The van der Waals surface area contributed by atoms with Crippen molar-refractivity contribution in [2.45, 2.75) is 70.7 Å². The van der Waals surface area contributed by atoms with Gasteiger partial charge in [0.15, 0.2) is 6.23 Å². The fourth-order valence-corrected chi connectivity index (χ4v) is 5.44. The summed E-state index contributed by atoms with van der Waals surface area (Å²) < 4.78 is 29.9. The van der Waals surface area contributed by atoms with Crippen LogP contribution in [0.3, 0.4) is 0 Å². The van der Waals surface area contributed by atoms with E-state index >= 15 is 0 Å². The van der Waals surface area contributed by atoms with Crippen molar-refractivity contribution in [2.24, 2.45) is 0 Å². The first-order valence-corrected chi connectivity index (χ1v) is 13.9. The molecule has 1 atom stereocenters. The molecule has 0 bridgehead atoms. The molecule has 2 saturated heterocycles. The van der Waals surface area contributed by atoms with Crippen molar-refractivity contribution < 1.29 is 18.7 Å². The van der Waals surface area contributed by atoms with Crippen LogP contribution in [-0.2, 0) is 9.47 Å². The van der Waals surface area contributed by atoms with E-state index in [9.17, 15) is 9.18 Å². The lowest BCUT2D eigenvalue weighted by Crippen LogP contribution is -2.42. The molecule has 4 aromatic rings. The number of halogens is 1. The van der Waals surface area contributed by atoms with Gasteiger partial charge in [-0.25, -0.2) is 19.1 Å². The number of ether oxygens (including phenoxy) is 2. The Morgan fingerprint density at radius 3 is 2.67 bits per heavy atom. The Kier molecular flexibility index (Phi) is 6.99. The van der Waals surface area contributed by atoms with Gasteiger partial charge in [-0.2, -0.15) is 9.49 Å². The number of hydrogen-bond donors (Lipinski definition) is 0. The molecule has 3 aromatic heterocycles. The number of pyridine rings is 1. The molecule has 1 aromatic carbocycles. The van der Waals surface area contributed by atoms with Gasteiger partial charge in [0.05, 0.1) is 17.8 Å². The quantitative estimate of drug-likeness (QED) is 0.299. The maximum absolute atomic E-state index is 14.6. The van der Waals surface area contributed by atoms with Crippen LogP contribution < -0.4 is 0 Å². The molecule has 5 heterocycles. The Hall–Kier alpha value is -3.86. The molecule has 40 heavy (non-hydrogen) atoms. The van der Waals surface area contributed by atoms with Gasteiger partial charge in [-0.05, 0) is 82.7 Å². The van der Waals surface area contributed by atoms with Crippen molar-refractivity contribution >= 4 is 17.0 Å². The van der Waals surface area contributed by atoms with Crippen molar-refractivity contribution in [3.8, 4) is 22.5 Å². The van der Waals surface area contributed by atoms with Gasteiger partial charge in [0, 0.05) is 36.8 Å². The van der Waals surface area contributed by atoms with Gasteiger partial charge in [0.2, 0.25) is 5.95 Å². The molecule has 2 fully saturated rings. The number of likely N-dealkylation sites (tertiary alicyclic amines) is 1. The standard InChI is InChI=1S/C29H34FN7O3/c1-29(2,3)40-28(38)35-14-11-20(12-15-35)36-18-23(32-34-36)26-22-17-19(21-7-6-13-31-27(21)30)9-10-24(22)37(33-26)25-8-4-5-16-39-25/h6-7,9-10,13,17-18,20,25H,4-5,8,11-12,14-16H2,1-3H3. The third-order valence-corrected chi connectivity index (χ3v) is 7.45. The number of benzene rings is 1. The fourth-order valence-electron chi connectivity index (χ4n) is 5.44. The maximum atomic E-state index is 14.6. The molecule has 1 unspecified atom stereocenters. The van der Waals surface area contributed by atoms with Crippen LogP contribution in [0.2, 0.25) is 0 Å². The van der Waals surface area contributed by atoms with E-state index in [1.54, 1.807) is 17.0 Å². The summed E-state index contributed by atoms with van der Waals surface area (Å²) in [6.07, 6.45) is 7.38. The first-order chi connectivity index (χ1) is 19.3. The third-order valence-electron chi connectivity index (χ3n) is 7.45. The highest BCUT2D eigenvalue weighted by Gasteiger charge is 2.29. The second-order valence-electron chi connectivity index (χ2n) is 11.5. The van der Waals surface area contributed by atoms with Gasteiger partial charge in [0.25, 0.3) is 0 Å². The number of carbonyl (C=O) groups excluding carboxylic acids is 1. The van der Waals surface area contributed by atoms with E-state index in [1.165, 1.54) is 6.20 Å². The largest absolute Gasteiger partial charge is 0.444 e. The zero-order valence-corrected chi connectivity index (χ0v) is 23.1. The molecule has 0 spiro atoms. The summed E-state index contributed by atoms with van der Waals surface area (Å²) in [5.41, 5.74) is 2.83. The van der Waals surface area contributed by atoms with Gasteiger partial charge in [-0.3, -0.25) is 0 Å². The molecule has 0 saturated carbocycles. The van der Waals surface area contributed by atoms with Gasteiger partial charge in [0.1, 0.15) is 17.0 Å². The van der Waals surface area contributed by atoms with Crippen molar-refractivity contribution in [3.63, 3.8) is 0 Å². The summed E-state index contributed by atoms with van der Waals surface area (Å²) in [4.78, 5) is 18.0. The summed E-state index contributed by atoms with van der Waals surface area (Å²) in [7, 11) is 0. The average Bonchev–Trinajstić information content (AvgIpc) is 3.58. The third kappa shape index (κ3) is 5.30. The Morgan fingerprint density at radius 2 is 1.95 bits per heavy atom. The first-order valence-electron chi connectivity index (χ1n) is 13.9. The van der Waals surface area contributed by atoms with E-state index < -0.39 is 11.5 Å². The Morgan fingerprint density at radius 1 is 1.12 bits per heavy atom. The SMILES string of the molecule is CC(C)(C)OC(=O)N1CCC(n2cc(-c3nn(C4CCCCO4)c4ccc(-c5cccnc5F)cc34)nn2)CC1. The minimum Gasteiger partial charge on any atom is -0.444 e. The van der Waals surface area contributed by atoms with Crippen LogP contribution in [-0.4, -0.2) is 66.0 Å². The zero-order valence-electron chi connectivity index (χ0n) is 23.1. The van der Waals surface area contributed by atoms with Gasteiger partial charge in [-0.1, -0.05) is 11.3 Å². The van der Waals surface area contributed by atoms with Gasteiger partial charge in [-0.15, -0.1) is 5.10 Å². The number of nitrogens with zero attached hydrogens (tertiary/aromatic N) is 7. The predicted molar refractivity (Wildman–Crippen MR) is 147 cm³/mol. The number of amides is 1. The van der Waals surface area contributed by atoms with Gasteiger partial charge >= 0.3 is 6.09 Å². The monoisotopic (exact) mass is 547 g/mol. The normalized spacial score (nSPS) is 18.8. The van der Waals surface area contributed by atoms with Crippen LogP contribution >= 0.6 is 0 Å². The molecule has 11 heteroatoms. The van der Waals surface area contributed by atoms with Crippen LogP contribution in [0.25, 0.3) is 33.4 Å². The van der Waals surface area contributed by atoms with Crippen LogP contribution in [0.1, 0.15) is 65.1 Å². The summed E-state index contributed by atoms with van der Waals surface area (Å²) >= 11 is 0. The maximum Gasteiger partial charge on any atom is 0.410 e. The van der Waals surface area contributed by atoms with Crippen molar-refractivity contribution in [2.75, 3.05) is 19.7 Å². The van der Waals surface area contributed by atoms with Crippen LogP contribution in [0.5, 0.6) is 0 Å². The van der Waals surface area contributed by atoms with Crippen molar-refractivity contribution in [1.29, 1.82) is 0 Å². The number of rotatable bonds is 4. The molecular formula is C29H34FN7O3. The molecule has 0 N–H and O–H groups in total. The number of piperidine rings is 1. The van der Waals surface area contributed by atoms with E-state index in [1.807, 2.05) is 54.5 Å². The van der Waals surface area contributed by atoms with E-state index in [0.717, 1.165) is 43.0 Å². The molecule has 6 rings (SSSR count). The smallest absolute Gasteiger partial charge is 0.410 e. The van der Waals surface area contributed by atoms with Crippen molar-refractivity contribution in [1.82, 2.24) is 34.7 Å². The minimum atomic E-state index is -0.522. The molecule has 2 aliphatic rings. The van der Waals surface area contributed by atoms with Crippen molar-refractivity contribution in [3.05, 3.63) is 48.7 Å². The second-order valence-corrected chi connectivity index (χ2v) is 11.5. The summed E-state index contributed by atoms with van der Waals surface area (Å²) in [6, 6.07) is 9.34. The molecule has 2 aliphatic heterocycles. The topological polar surface area (TPSA) is 100 Å². The number of carbonyl (C=O) groups is 1. The highest BCUT2D eigenvalue weighted by molar-refractivity contribution is 5.95. The van der Waals surface area contributed by atoms with Crippen LogP contribution in [0, 0.1) is 5.95 Å². The average molecular weight is 548 g/mol. The lowest BCUT2D eigenvalue weighted by atomic mass is 10.0. The fraction of sp³-hybridized carbons (Fsp3) is 0.483.